The summed E-state index contributed by atoms with van der Waals surface area (Å²) in [6, 6.07) is 0. The average Bonchev–Trinajstić information content (AvgIpc) is 2.42. The van der Waals surface area contributed by atoms with Crippen molar-refractivity contribution in [2.45, 2.75) is 40.5 Å². The van der Waals surface area contributed by atoms with Gasteiger partial charge in [0.2, 0.25) is 0 Å². The molecule has 2 aliphatic rings. The highest BCUT2D eigenvalue weighted by Crippen LogP contribution is 2.54. The summed E-state index contributed by atoms with van der Waals surface area (Å²) in [7, 11) is 0. The van der Waals surface area contributed by atoms with Gasteiger partial charge in [0.05, 0.1) is 0 Å². The van der Waals surface area contributed by atoms with E-state index < -0.39 is 6.84 Å². The fourth-order valence-electron chi connectivity index (χ4n) is 1.80. The molecule has 0 N–H and O–H groups in total. The first-order chi connectivity index (χ1) is 7.40. The summed E-state index contributed by atoms with van der Waals surface area (Å²) in [6.45, 7) is 5.98. The zero-order valence-electron chi connectivity index (χ0n) is 9.47. The van der Waals surface area contributed by atoms with Gasteiger partial charge in [-0.3, -0.25) is 9.59 Å². The van der Waals surface area contributed by atoms with Crippen LogP contribution in [0, 0.1) is 0 Å². The van der Waals surface area contributed by atoms with Crippen LogP contribution in [0.2, 0.25) is 0 Å². The number of allylic oxidation sites excluding steroid dienone is 2. The molecule has 1 heterocycles. The lowest BCUT2D eigenvalue weighted by Gasteiger charge is -2.34. The summed E-state index contributed by atoms with van der Waals surface area (Å²) in [5.74, 6) is -0.772. The van der Waals surface area contributed by atoms with E-state index in [1.807, 2.05) is 26.8 Å². The predicted molar refractivity (Wildman–Crippen MR) is 78.9 cm³/mol. The lowest BCUT2D eigenvalue weighted by atomic mass is 9.81. The van der Waals surface area contributed by atoms with E-state index >= 15 is 0 Å². The number of alkyl halides is 2. The molecule has 5 heteroatoms. The van der Waals surface area contributed by atoms with Gasteiger partial charge in [0, 0.05) is 0 Å². The molecule has 0 saturated carbocycles. The first kappa shape index (κ1) is 14.4. The Morgan fingerprint density at radius 2 is 1.69 bits per heavy atom. The monoisotopic (exact) mass is 448 g/mol. The molecule has 0 bridgehead atoms. The van der Waals surface area contributed by atoms with Crippen LogP contribution in [0.5, 0.6) is 0 Å². The Kier molecular flexibility index (Phi) is 4.42. The van der Waals surface area contributed by atoms with Gasteiger partial charge in [0.1, 0.15) is 6.84 Å². The molecule has 0 unspecified atom stereocenters. The zero-order valence-corrected chi connectivity index (χ0v) is 13.8. The summed E-state index contributed by atoms with van der Waals surface area (Å²) >= 11 is 4.14. The maximum atomic E-state index is 11.6. The lowest BCUT2D eigenvalue weighted by Crippen LogP contribution is -2.49. The third-order valence-electron chi connectivity index (χ3n) is 2.71. The van der Waals surface area contributed by atoms with E-state index in [1.54, 1.807) is 0 Å². The first-order valence-corrected chi connectivity index (χ1v) is 7.36. The van der Waals surface area contributed by atoms with Crippen molar-refractivity contribution < 1.29 is 14.3 Å². The van der Waals surface area contributed by atoms with Crippen molar-refractivity contribution in [3.05, 3.63) is 11.6 Å². The topological polar surface area (TPSA) is 43.4 Å². The van der Waals surface area contributed by atoms with Crippen LogP contribution in [0.4, 0.5) is 0 Å². The van der Waals surface area contributed by atoms with Crippen LogP contribution in [0.25, 0.3) is 0 Å². The molecule has 0 spiro atoms. The van der Waals surface area contributed by atoms with E-state index in [9.17, 15) is 9.59 Å². The lowest BCUT2D eigenvalue weighted by molar-refractivity contribution is -0.152. The summed E-state index contributed by atoms with van der Waals surface area (Å²) in [4.78, 5) is 23.2. The fraction of sp³-hybridized carbons (Fsp3) is 0.636. The SMILES string of the molecule is CC.CC1=CC[C@@]2(I)C(=O)OC(=O)[C@@]2(I)C1. The number of rotatable bonds is 0. The molecular weight excluding hydrogens is 434 g/mol. The second-order valence-corrected chi connectivity index (χ2v) is 7.39. The average molecular weight is 448 g/mol. The van der Waals surface area contributed by atoms with Crippen LogP contribution in [-0.2, 0) is 14.3 Å². The number of hydrogen-bond donors (Lipinski definition) is 0. The number of ether oxygens (including phenoxy) is 1. The quantitative estimate of drug-likeness (QED) is 0.188. The van der Waals surface area contributed by atoms with Gasteiger partial charge in [0.15, 0.2) is 0 Å². The van der Waals surface area contributed by atoms with E-state index in [4.69, 9.17) is 4.74 Å². The van der Waals surface area contributed by atoms with Crippen LogP contribution in [0.15, 0.2) is 11.6 Å². The summed E-state index contributed by atoms with van der Waals surface area (Å²) in [5, 5.41) is 0. The Hall–Kier alpha value is 0.340. The minimum atomic E-state index is -0.693. The van der Waals surface area contributed by atoms with Crippen LogP contribution < -0.4 is 0 Å². The van der Waals surface area contributed by atoms with Crippen molar-refractivity contribution >= 4 is 57.1 Å². The highest BCUT2D eigenvalue weighted by Gasteiger charge is 2.66. The molecule has 16 heavy (non-hydrogen) atoms. The highest BCUT2D eigenvalue weighted by molar-refractivity contribution is 14.1. The van der Waals surface area contributed by atoms with E-state index in [0.29, 0.717) is 12.8 Å². The van der Waals surface area contributed by atoms with Gasteiger partial charge in [-0.2, -0.15) is 0 Å². The number of fused-ring (bicyclic) bond motifs is 1. The zero-order chi connectivity index (χ0) is 12.6. The fourth-order valence-corrected chi connectivity index (χ4v) is 3.69. The minimum Gasteiger partial charge on any atom is -0.391 e. The standard InChI is InChI=1S/C9H8I2O3.C2H6/c1-5-2-3-8(10)6(12)14-7(13)9(8,11)4-5;1-2/h2H,3-4H2,1H3;1-2H3/t8-,9+;/m1./s1. The Morgan fingerprint density at radius 3 is 2.25 bits per heavy atom. The number of carbonyl (C=O) groups is 2. The van der Waals surface area contributed by atoms with Crippen molar-refractivity contribution in [2.75, 3.05) is 0 Å². The van der Waals surface area contributed by atoms with Gasteiger partial charge in [-0.25, -0.2) is 0 Å². The molecule has 2 atom stereocenters. The Labute approximate surface area is 123 Å². The summed E-state index contributed by atoms with van der Waals surface area (Å²) in [6.07, 6.45) is 3.22. The van der Waals surface area contributed by atoms with Crippen LogP contribution in [0.3, 0.4) is 0 Å². The largest absolute Gasteiger partial charge is 0.391 e. The molecule has 1 aliphatic heterocycles. The molecule has 1 fully saturated rings. The Bertz CT molecular complexity index is 364. The molecule has 90 valence electrons. The highest BCUT2D eigenvalue weighted by atomic mass is 127. The van der Waals surface area contributed by atoms with Crippen molar-refractivity contribution in [3.8, 4) is 0 Å². The van der Waals surface area contributed by atoms with Crippen molar-refractivity contribution in [1.82, 2.24) is 0 Å². The van der Waals surface area contributed by atoms with Gasteiger partial charge < -0.3 is 4.74 Å². The predicted octanol–water partition coefficient (Wildman–Crippen LogP) is 3.18. The van der Waals surface area contributed by atoms with E-state index in [0.717, 1.165) is 5.57 Å². The molecule has 3 nitrogen and oxygen atoms in total. The number of hydrogen-bond acceptors (Lipinski definition) is 3. The van der Waals surface area contributed by atoms with Crippen LogP contribution in [0.1, 0.15) is 33.6 Å². The molecule has 1 saturated heterocycles. The van der Waals surface area contributed by atoms with Crippen molar-refractivity contribution in [3.63, 3.8) is 0 Å². The van der Waals surface area contributed by atoms with E-state index in [-0.39, 0.29) is 11.9 Å². The number of esters is 2. The molecule has 0 amide bonds. The third kappa shape index (κ3) is 1.93. The van der Waals surface area contributed by atoms with Gasteiger partial charge >= 0.3 is 11.9 Å². The molecule has 2 rings (SSSR count). The van der Waals surface area contributed by atoms with E-state index in [1.165, 1.54) is 0 Å². The number of cyclic esters (lactones) is 2. The molecular formula is C11H14I2O3. The van der Waals surface area contributed by atoms with Crippen molar-refractivity contribution in [2.24, 2.45) is 0 Å². The summed E-state index contributed by atoms with van der Waals surface area (Å²) in [5.41, 5.74) is 1.15. The van der Waals surface area contributed by atoms with Crippen molar-refractivity contribution in [1.29, 1.82) is 0 Å². The van der Waals surface area contributed by atoms with Crippen LogP contribution in [-0.4, -0.2) is 18.8 Å². The first-order valence-electron chi connectivity index (χ1n) is 5.20. The third-order valence-corrected chi connectivity index (χ3v) is 7.29. The Balaban J connectivity index is 0.000000606. The van der Waals surface area contributed by atoms with Gasteiger partial charge in [-0.05, 0) is 19.8 Å². The maximum Gasteiger partial charge on any atom is 0.332 e. The van der Waals surface area contributed by atoms with Gasteiger partial charge in [-0.1, -0.05) is 70.7 Å². The Morgan fingerprint density at radius 1 is 1.19 bits per heavy atom. The minimum absolute atomic E-state index is 0.384. The van der Waals surface area contributed by atoms with Gasteiger partial charge in [-0.15, -0.1) is 0 Å². The number of carbonyl (C=O) groups excluding carboxylic acids is 2. The smallest absolute Gasteiger partial charge is 0.332 e. The second kappa shape index (κ2) is 4.91. The molecule has 0 aromatic carbocycles. The summed E-state index contributed by atoms with van der Waals surface area (Å²) < 4.78 is 3.35. The molecule has 0 aromatic heterocycles. The maximum absolute atomic E-state index is 11.6. The van der Waals surface area contributed by atoms with E-state index in [2.05, 4.69) is 45.2 Å². The molecule has 0 aromatic rings. The van der Waals surface area contributed by atoms with Gasteiger partial charge in [0.25, 0.3) is 0 Å². The number of halogens is 2. The molecule has 0 radical (unpaired) electrons. The molecule has 1 aliphatic carbocycles. The normalized spacial score (nSPS) is 36.9. The van der Waals surface area contributed by atoms with Crippen LogP contribution >= 0.6 is 45.2 Å². The second-order valence-electron chi connectivity index (χ2n) is 3.71.